The Bertz CT molecular complexity index is 598. The third-order valence-corrected chi connectivity index (χ3v) is 6.99. The Labute approximate surface area is 169 Å². The number of amides is 3. The predicted molar refractivity (Wildman–Crippen MR) is 108 cm³/mol. The summed E-state index contributed by atoms with van der Waals surface area (Å²) in [5, 5.41) is 0. The molecule has 0 saturated carbocycles. The van der Waals surface area contributed by atoms with Crippen LogP contribution < -0.4 is 0 Å². The lowest BCUT2D eigenvalue weighted by molar-refractivity contribution is -0.147. The molecule has 6 nitrogen and oxygen atoms in total. The molecule has 3 aliphatic heterocycles. The Morgan fingerprint density at radius 3 is 2.43 bits per heavy atom. The molecule has 6 heteroatoms. The first kappa shape index (κ1) is 21.1. The van der Waals surface area contributed by atoms with E-state index in [1.165, 1.54) is 0 Å². The molecule has 158 valence electrons. The molecule has 0 radical (unpaired) electrons. The highest BCUT2D eigenvalue weighted by Crippen LogP contribution is 2.39. The first-order valence-corrected chi connectivity index (χ1v) is 11.1. The van der Waals surface area contributed by atoms with Crippen LogP contribution in [-0.4, -0.2) is 71.7 Å². The summed E-state index contributed by atoms with van der Waals surface area (Å²) in [6.45, 7) is 10.7. The van der Waals surface area contributed by atoms with Crippen molar-refractivity contribution in [3.8, 4) is 0 Å². The fraction of sp³-hybridized carbons (Fsp3) is 0.864. The van der Waals surface area contributed by atoms with Crippen molar-refractivity contribution in [2.24, 2.45) is 17.3 Å². The van der Waals surface area contributed by atoms with E-state index >= 15 is 0 Å². The SMILES string of the molecule is CC(=O)N1CCC(C(=O)N2CCC[C@@]3(CCC(=O)N(CCC(C)C)C3)C2)CC1. The summed E-state index contributed by atoms with van der Waals surface area (Å²) >= 11 is 0. The summed E-state index contributed by atoms with van der Waals surface area (Å²) in [4.78, 5) is 43.1. The standard InChI is InChI=1S/C22H37N3O3/c1-17(2)6-12-24-15-22(10-5-20(24)27)9-4-11-25(16-22)21(28)19-7-13-23(14-8-19)18(3)26/h17,19H,4-16H2,1-3H3/t22-/m0/s1. The highest BCUT2D eigenvalue weighted by Gasteiger charge is 2.43. The van der Waals surface area contributed by atoms with Gasteiger partial charge in [-0.1, -0.05) is 13.8 Å². The van der Waals surface area contributed by atoms with Crippen LogP contribution in [0.4, 0.5) is 0 Å². The van der Waals surface area contributed by atoms with E-state index < -0.39 is 0 Å². The Morgan fingerprint density at radius 2 is 1.79 bits per heavy atom. The van der Waals surface area contributed by atoms with Gasteiger partial charge in [0.25, 0.3) is 0 Å². The Hall–Kier alpha value is -1.59. The number of hydrogen-bond donors (Lipinski definition) is 0. The Morgan fingerprint density at radius 1 is 1.07 bits per heavy atom. The maximum atomic E-state index is 13.2. The van der Waals surface area contributed by atoms with Gasteiger partial charge in [-0.25, -0.2) is 0 Å². The smallest absolute Gasteiger partial charge is 0.225 e. The van der Waals surface area contributed by atoms with Gasteiger partial charge in [-0.15, -0.1) is 0 Å². The molecule has 28 heavy (non-hydrogen) atoms. The molecule has 3 heterocycles. The van der Waals surface area contributed by atoms with Crippen molar-refractivity contribution in [2.45, 2.75) is 65.7 Å². The topological polar surface area (TPSA) is 60.9 Å². The zero-order valence-electron chi connectivity index (χ0n) is 17.9. The lowest BCUT2D eigenvalue weighted by Gasteiger charge is -2.49. The fourth-order valence-corrected chi connectivity index (χ4v) is 5.15. The van der Waals surface area contributed by atoms with Crippen LogP contribution in [0.2, 0.25) is 0 Å². The second kappa shape index (κ2) is 8.83. The number of carbonyl (C=O) groups is 3. The zero-order valence-corrected chi connectivity index (χ0v) is 17.9. The van der Waals surface area contributed by atoms with Crippen LogP contribution in [0.5, 0.6) is 0 Å². The van der Waals surface area contributed by atoms with Crippen LogP contribution in [-0.2, 0) is 14.4 Å². The number of carbonyl (C=O) groups excluding carboxylic acids is 3. The van der Waals surface area contributed by atoms with Crippen molar-refractivity contribution >= 4 is 17.7 Å². The molecule has 0 N–H and O–H groups in total. The Balaban J connectivity index is 1.59. The van der Waals surface area contributed by atoms with Gasteiger partial charge in [0.15, 0.2) is 0 Å². The molecule has 3 fully saturated rings. The average Bonchev–Trinajstić information content (AvgIpc) is 2.68. The van der Waals surface area contributed by atoms with Crippen molar-refractivity contribution in [3.63, 3.8) is 0 Å². The van der Waals surface area contributed by atoms with E-state index in [9.17, 15) is 14.4 Å². The third kappa shape index (κ3) is 4.87. The fourth-order valence-electron chi connectivity index (χ4n) is 5.15. The zero-order chi connectivity index (χ0) is 20.3. The van der Waals surface area contributed by atoms with Crippen molar-refractivity contribution in [3.05, 3.63) is 0 Å². The minimum atomic E-state index is 0.0491. The van der Waals surface area contributed by atoms with Gasteiger partial charge in [-0.05, 0) is 44.4 Å². The van der Waals surface area contributed by atoms with Crippen LogP contribution >= 0.6 is 0 Å². The molecule has 0 unspecified atom stereocenters. The van der Waals surface area contributed by atoms with Crippen molar-refractivity contribution < 1.29 is 14.4 Å². The molecule has 1 spiro atoms. The van der Waals surface area contributed by atoms with Gasteiger partial charge >= 0.3 is 0 Å². The number of hydrogen-bond acceptors (Lipinski definition) is 3. The lowest BCUT2D eigenvalue weighted by atomic mass is 9.73. The first-order chi connectivity index (χ1) is 13.3. The van der Waals surface area contributed by atoms with Gasteiger partial charge < -0.3 is 14.7 Å². The number of rotatable bonds is 4. The van der Waals surface area contributed by atoms with E-state index in [0.29, 0.717) is 25.4 Å². The summed E-state index contributed by atoms with van der Waals surface area (Å²) in [5.74, 6) is 1.31. The van der Waals surface area contributed by atoms with Gasteiger partial charge in [0.2, 0.25) is 17.7 Å². The molecule has 0 aromatic heterocycles. The summed E-state index contributed by atoms with van der Waals surface area (Å²) in [6.07, 6.45) is 6.28. The molecular formula is C22H37N3O3. The number of nitrogens with zero attached hydrogens (tertiary/aromatic N) is 3. The third-order valence-electron chi connectivity index (χ3n) is 6.99. The van der Waals surface area contributed by atoms with E-state index in [1.807, 2.05) is 4.90 Å². The lowest BCUT2D eigenvalue weighted by Crippen LogP contribution is -2.56. The minimum absolute atomic E-state index is 0.0491. The predicted octanol–water partition coefficient (Wildman–Crippen LogP) is 2.52. The molecule has 0 bridgehead atoms. The van der Waals surface area contributed by atoms with Crippen molar-refractivity contribution in [2.75, 3.05) is 39.3 Å². The van der Waals surface area contributed by atoms with Crippen molar-refractivity contribution in [1.82, 2.24) is 14.7 Å². The normalized spacial score (nSPS) is 27.0. The molecular weight excluding hydrogens is 354 g/mol. The monoisotopic (exact) mass is 391 g/mol. The molecule has 3 rings (SSSR count). The summed E-state index contributed by atoms with van der Waals surface area (Å²) < 4.78 is 0. The van der Waals surface area contributed by atoms with Crippen molar-refractivity contribution in [1.29, 1.82) is 0 Å². The van der Waals surface area contributed by atoms with Gasteiger partial charge in [-0.2, -0.15) is 0 Å². The summed E-state index contributed by atoms with van der Waals surface area (Å²) in [5.41, 5.74) is 0.0822. The van der Waals surface area contributed by atoms with E-state index in [4.69, 9.17) is 0 Å². The molecule has 0 aliphatic carbocycles. The molecule has 0 aromatic rings. The second-order valence-electron chi connectivity index (χ2n) is 9.64. The highest BCUT2D eigenvalue weighted by molar-refractivity contribution is 5.80. The van der Waals surface area contributed by atoms with E-state index in [-0.39, 0.29) is 29.1 Å². The van der Waals surface area contributed by atoms with Crippen LogP contribution in [0.15, 0.2) is 0 Å². The number of likely N-dealkylation sites (tertiary alicyclic amines) is 3. The quantitative estimate of drug-likeness (QED) is 0.740. The van der Waals surface area contributed by atoms with Crippen LogP contribution in [0.3, 0.4) is 0 Å². The maximum absolute atomic E-state index is 13.2. The molecule has 3 saturated heterocycles. The minimum Gasteiger partial charge on any atom is -0.343 e. The highest BCUT2D eigenvalue weighted by atomic mass is 16.2. The first-order valence-electron chi connectivity index (χ1n) is 11.1. The maximum Gasteiger partial charge on any atom is 0.225 e. The van der Waals surface area contributed by atoms with Crippen LogP contribution in [0, 0.1) is 17.3 Å². The van der Waals surface area contributed by atoms with E-state index in [2.05, 4.69) is 23.6 Å². The van der Waals surface area contributed by atoms with E-state index in [1.54, 1.807) is 6.92 Å². The average molecular weight is 392 g/mol. The van der Waals surface area contributed by atoms with Crippen LogP contribution in [0.25, 0.3) is 0 Å². The van der Waals surface area contributed by atoms with Crippen LogP contribution in [0.1, 0.15) is 65.7 Å². The molecule has 1 atom stereocenters. The van der Waals surface area contributed by atoms with Gasteiger partial charge in [0.05, 0.1) is 0 Å². The van der Waals surface area contributed by atoms with Gasteiger partial charge in [-0.3, -0.25) is 14.4 Å². The van der Waals surface area contributed by atoms with Gasteiger partial charge in [0.1, 0.15) is 0 Å². The number of piperidine rings is 3. The molecule has 3 amide bonds. The Kier molecular flexibility index (Phi) is 6.66. The summed E-state index contributed by atoms with van der Waals surface area (Å²) in [7, 11) is 0. The largest absolute Gasteiger partial charge is 0.343 e. The molecule has 3 aliphatic rings. The van der Waals surface area contributed by atoms with E-state index in [0.717, 1.165) is 64.7 Å². The van der Waals surface area contributed by atoms with Gasteiger partial charge in [0, 0.05) is 63.9 Å². The second-order valence-corrected chi connectivity index (χ2v) is 9.64. The summed E-state index contributed by atoms with van der Waals surface area (Å²) in [6, 6.07) is 0. The molecule has 0 aromatic carbocycles.